The summed E-state index contributed by atoms with van der Waals surface area (Å²) in [6, 6.07) is 7.11. The lowest BCUT2D eigenvalue weighted by Gasteiger charge is -2.33. The number of hydrogen-bond donors (Lipinski definition) is 1. The number of nitrogens with one attached hydrogen (secondary N) is 1. The number of ether oxygens (including phenoxy) is 2. The maximum absolute atomic E-state index is 5.40. The zero-order valence-electron chi connectivity index (χ0n) is 13.5. The fourth-order valence-electron chi connectivity index (χ4n) is 3.11. The van der Waals surface area contributed by atoms with Crippen LogP contribution < -0.4 is 14.8 Å². The minimum atomic E-state index is 0.322. The zero-order valence-corrected chi connectivity index (χ0v) is 14.3. The molecule has 2 rings (SSSR count). The third-order valence-electron chi connectivity index (χ3n) is 4.38. The van der Waals surface area contributed by atoms with Crippen molar-refractivity contribution in [2.75, 3.05) is 20.5 Å². The largest absolute Gasteiger partial charge is 0.493 e. The Morgan fingerprint density at radius 1 is 1.14 bits per heavy atom. The molecule has 1 fully saturated rings. The van der Waals surface area contributed by atoms with E-state index in [0.29, 0.717) is 12.1 Å². The van der Waals surface area contributed by atoms with E-state index in [1.165, 1.54) is 31.2 Å². The van der Waals surface area contributed by atoms with Crippen molar-refractivity contribution in [1.29, 1.82) is 0 Å². The first-order valence-electron chi connectivity index (χ1n) is 7.70. The molecule has 3 unspecified atom stereocenters. The van der Waals surface area contributed by atoms with Crippen molar-refractivity contribution < 1.29 is 9.47 Å². The van der Waals surface area contributed by atoms with Crippen molar-refractivity contribution >= 4 is 11.8 Å². The molecule has 0 saturated heterocycles. The van der Waals surface area contributed by atoms with Gasteiger partial charge in [-0.25, -0.2) is 0 Å². The Morgan fingerprint density at radius 2 is 1.86 bits per heavy atom. The van der Waals surface area contributed by atoms with Crippen LogP contribution in [0.1, 0.15) is 44.2 Å². The Balaban J connectivity index is 2.07. The van der Waals surface area contributed by atoms with Gasteiger partial charge in [0.15, 0.2) is 11.5 Å². The van der Waals surface area contributed by atoms with Crippen LogP contribution >= 0.6 is 11.8 Å². The average Bonchev–Trinajstić information content (AvgIpc) is 2.54. The summed E-state index contributed by atoms with van der Waals surface area (Å²) < 4.78 is 10.7. The van der Waals surface area contributed by atoms with Gasteiger partial charge in [0.1, 0.15) is 0 Å². The first-order valence-corrected chi connectivity index (χ1v) is 8.99. The van der Waals surface area contributed by atoms with Crippen LogP contribution in [0.3, 0.4) is 0 Å². The first kappa shape index (κ1) is 16.5. The molecule has 0 heterocycles. The van der Waals surface area contributed by atoms with Crippen LogP contribution in [0.4, 0.5) is 0 Å². The highest BCUT2D eigenvalue weighted by Gasteiger charge is 2.25. The molecular formula is C17H27NO2S. The summed E-state index contributed by atoms with van der Waals surface area (Å²) in [6.07, 6.45) is 7.55. The Hall–Kier alpha value is -0.870. The summed E-state index contributed by atoms with van der Waals surface area (Å²) in [4.78, 5) is 0. The van der Waals surface area contributed by atoms with Crippen LogP contribution in [0.2, 0.25) is 0 Å². The van der Waals surface area contributed by atoms with Gasteiger partial charge in [0.2, 0.25) is 0 Å². The molecule has 1 saturated carbocycles. The van der Waals surface area contributed by atoms with Crippen molar-refractivity contribution in [2.45, 2.75) is 49.9 Å². The van der Waals surface area contributed by atoms with Gasteiger partial charge in [-0.3, -0.25) is 0 Å². The van der Waals surface area contributed by atoms with Gasteiger partial charge in [-0.2, -0.15) is 11.8 Å². The second kappa shape index (κ2) is 7.95. The molecule has 118 valence electrons. The fourth-order valence-corrected chi connectivity index (χ4v) is 4.05. The van der Waals surface area contributed by atoms with Gasteiger partial charge in [-0.1, -0.05) is 18.9 Å². The molecule has 3 nitrogen and oxygen atoms in total. The van der Waals surface area contributed by atoms with Gasteiger partial charge >= 0.3 is 0 Å². The lowest BCUT2D eigenvalue weighted by atomic mass is 9.93. The van der Waals surface area contributed by atoms with Gasteiger partial charge in [-0.15, -0.1) is 0 Å². The minimum absolute atomic E-state index is 0.322. The third kappa shape index (κ3) is 4.07. The van der Waals surface area contributed by atoms with Crippen LogP contribution in [-0.2, 0) is 0 Å². The van der Waals surface area contributed by atoms with Gasteiger partial charge in [0.05, 0.1) is 14.2 Å². The molecule has 1 aliphatic carbocycles. The highest BCUT2D eigenvalue weighted by Crippen LogP contribution is 2.32. The molecule has 1 aromatic carbocycles. The van der Waals surface area contributed by atoms with Crippen molar-refractivity contribution in [3.63, 3.8) is 0 Å². The molecule has 0 amide bonds. The van der Waals surface area contributed by atoms with Gasteiger partial charge in [0.25, 0.3) is 0 Å². The SMILES string of the molecule is COc1ccc(C(C)NC2CCCCC2SC)cc1OC. The minimum Gasteiger partial charge on any atom is -0.493 e. The number of hydrogen-bond acceptors (Lipinski definition) is 4. The summed E-state index contributed by atoms with van der Waals surface area (Å²) in [6.45, 7) is 2.23. The molecule has 1 aliphatic rings. The summed E-state index contributed by atoms with van der Waals surface area (Å²) >= 11 is 2.00. The fraction of sp³-hybridized carbons (Fsp3) is 0.647. The molecule has 0 aliphatic heterocycles. The standard InChI is InChI=1S/C17H27NO2S/c1-12(18-14-7-5-6-8-17(14)21-4)13-9-10-15(19-2)16(11-13)20-3/h9-12,14,17-18H,5-8H2,1-4H3. The maximum Gasteiger partial charge on any atom is 0.161 e. The monoisotopic (exact) mass is 309 g/mol. The van der Waals surface area contributed by atoms with Crippen LogP contribution in [0.15, 0.2) is 18.2 Å². The predicted octanol–water partition coefficient (Wildman–Crippen LogP) is 4.03. The van der Waals surface area contributed by atoms with E-state index in [4.69, 9.17) is 9.47 Å². The summed E-state index contributed by atoms with van der Waals surface area (Å²) in [5.41, 5.74) is 1.25. The van der Waals surface area contributed by atoms with Crippen molar-refractivity contribution in [3.05, 3.63) is 23.8 Å². The normalized spacial score (nSPS) is 23.6. The molecule has 0 bridgehead atoms. The van der Waals surface area contributed by atoms with E-state index >= 15 is 0 Å². The van der Waals surface area contributed by atoms with Gasteiger partial charge in [0, 0.05) is 17.3 Å². The van der Waals surface area contributed by atoms with E-state index in [1.54, 1.807) is 14.2 Å². The highest BCUT2D eigenvalue weighted by atomic mass is 32.2. The van der Waals surface area contributed by atoms with Crippen LogP contribution in [0.5, 0.6) is 11.5 Å². The Labute approximate surface area is 132 Å². The predicted molar refractivity (Wildman–Crippen MR) is 90.7 cm³/mol. The summed E-state index contributed by atoms with van der Waals surface area (Å²) in [7, 11) is 3.36. The smallest absolute Gasteiger partial charge is 0.161 e. The second-order valence-corrected chi connectivity index (χ2v) is 6.74. The van der Waals surface area contributed by atoms with Crippen molar-refractivity contribution in [1.82, 2.24) is 5.32 Å². The van der Waals surface area contributed by atoms with E-state index in [1.807, 2.05) is 17.8 Å². The molecule has 0 radical (unpaired) electrons. The van der Waals surface area contributed by atoms with Gasteiger partial charge < -0.3 is 14.8 Å². The summed E-state index contributed by atoms with van der Waals surface area (Å²) in [5.74, 6) is 1.59. The van der Waals surface area contributed by atoms with E-state index in [0.717, 1.165) is 16.7 Å². The van der Waals surface area contributed by atoms with Crippen molar-refractivity contribution in [2.24, 2.45) is 0 Å². The molecule has 3 atom stereocenters. The third-order valence-corrected chi connectivity index (χ3v) is 5.55. The second-order valence-electron chi connectivity index (χ2n) is 5.67. The quantitative estimate of drug-likeness (QED) is 0.859. The van der Waals surface area contributed by atoms with E-state index in [9.17, 15) is 0 Å². The lowest BCUT2D eigenvalue weighted by Crippen LogP contribution is -2.41. The zero-order chi connectivity index (χ0) is 15.2. The molecule has 0 spiro atoms. The van der Waals surface area contributed by atoms with Crippen LogP contribution in [0, 0.1) is 0 Å². The number of methoxy groups -OCH3 is 2. The van der Waals surface area contributed by atoms with Crippen molar-refractivity contribution in [3.8, 4) is 11.5 Å². The maximum atomic E-state index is 5.40. The van der Waals surface area contributed by atoms with E-state index in [2.05, 4.69) is 30.6 Å². The Kier molecular flexibility index (Phi) is 6.24. The molecule has 0 aromatic heterocycles. The molecule has 21 heavy (non-hydrogen) atoms. The van der Waals surface area contributed by atoms with Gasteiger partial charge in [-0.05, 0) is 43.7 Å². The average molecular weight is 309 g/mol. The Morgan fingerprint density at radius 3 is 2.52 bits per heavy atom. The highest BCUT2D eigenvalue weighted by molar-refractivity contribution is 7.99. The number of benzene rings is 1. The lowest BCUT2D eigenvalue weighted by molar-refractivity contribution is 0.347. The molecule has 1 N–H and O–H groups in total. The van der Waals surface area contributed by atoms with E-state index in [-0.39, 0.29) is 0 Å². The topological polar surface area (TPSA) is 30.5 Å². The molecule has 1 aromatic rings. The van der Waals surface area contributed by atoms with Crippen LogP contribution in [-0.4, -0.2) is 31.8 Å². The summed E-state index contributed by atoms with van der Waals surface area (Å²) in [5, 5.41) is 4.55. The molecular weight excluding hydrogens is 282 g/mol. The first-order chi connectivity index (χ1) is 10.2. The van der Waals surface area contributed by atoms with E-state index < -0.39 is 0 Å². The van der Waals surface area contributed by atoms with Crippen LogP contribution in [0.25, 0.3) is 0 Å². The number of thioether (sulfide) groups is 1. The molecule has 4 heteroatoms. The Bertz CT molecular complexity index is 452. The number of rotatable bonds is 6.